The summed E-state index contributed by atoms with van der Waals surface area (Å²) in [5.74, 6) is 2.09. The Morgan fingerprint density at radius 3 is 2.81 bits per heavy atom. The van der Waals surface area contributed by atoms with E-state index in [9.17, 15) is 0 Å². The van der Waals surface area contributed by atoms with Crippen molar-refractivity contribution in [3.05, 3.63) is 23.7 Å². The van der Waals surface area contributed by atoms with Crippen molar-refractivity contribution in [3.8, 4) is 0 Å². The number of nitrogens with zero attached hydrogens (tertiary/aromatic N) is 1. The van der Waals surface area contributed by atoms with E-state index in [1.54, 1.807) is 0 Å². The molecule has 2 heterocycles. The first-order valence-corrected chi connectivity index (χ1v) is 6.13. The van der Waals surface area contributed by atoms with Crippen LogP contribution in [-0.2, 0) is 0 Å². The van der Waals surface area contributed by atoms with E-state index in [1.165, 1.54) is 19.4 Å². The van der Waals surface area contributed by atoms with Crippen LogP contribution < -0.4 is 5.32 Å². The van der Waals surface area contributed by atoms with Gasteiger partial charge in [-0.3, -0.25) is 4.90 Å². The Morgan fingerprint density at radius 2 is 2.31 bits per heavy atom. The van der Waals surface area contributed by atoms with Gasteiger partial charge in [0.1, 0.15) is 11.5 Å². The second-order valence-corrected chi connectivity index (χ2v) is 4.96. The molecule has 0 aromatic carbocycles. The first-order chi connectivity index (χ1) is 7.66. The molecule has 90 valence electrons. The Hall–Kier alpha value is -0.800. The maximum atomic E-state index is 5.75. The molecule has 0 saturated carbocycles. The zero-order chi connectivity index (χ0) is 11.5. The Kier molecular flexibility index (Phi) is 3.66. The van der Waals surface area contributed by atoms with Gasteiger partial charge in [0.2, 0.25) is 0 Å². The zero-order valence-corrected chi connectivity index (χ0v) is 10.5. The van der Waals surface area contributed by atoms with Gasteiger partial charge in [-0.2, -0.15) is 0 Å². The molecule has 1 N–H and O–H groups in total. The van der Waals surface area contributed by atoms with Crippen molar-refractivity contribution in [1.82, 2.24) is 10.2 Å². The van der Waals surface area contributed by atoms with Crippen LogP contribution in [-0.4, -0.2) is 31.6 Å². The monoisotopic (exact) mass is 222 g/mol. The van der Waals surface area contributed by atoms with Crippen LogP contribution in [0.4, 0.5) is 0 Å². The summed E-state index contributed by atoms with van der Waals surface area (Å²) in [5.41, 5.74) is 0. The lowest BCUT2D eigenvalue weighted by atomic mass is 10.0. The van der Waals surface area contributed by atoms with Crippen LogP contribution in [0, 0.1) is 6.92 Å². The third-order valence-corrected chi connectivity index (χ3v) is 3.38. The molecule has 0 radical (unpaired) electrons. The van der Waals surface area contributed by atoms with Gasteiger partial charge in [-0.25, -0.2) is 0 Å². The highest BCUT2D eigenvalue weighted by atomic mass is 16.3. The summed E-state index contributed by atoms with van der Waals surface area (Å²) in [6.45, 7) is 3.17. The summed E-state index contributed by atoms with van der Waals surface area (Å²) in [5, 5.41) is 3.55. The number of rotatable bonds is 4. The van der Waals surface area contributed by atoms with E-state index in [4.69, 9.17) is 4.42 Å². The van der Waals surface area contributed by atoms with Gasteiger partial charge in [-0.1, -0.05) is 0 Å². The third kappa shape index (κ3) is 2.66. The Balaban J connectivity index is 2.04. The van der Waals surface area contributed by atoms with Crippen LogP contribution in [0.25, 0.3) is 0 Å². The molecule has 2 unspecified atom stereocenters. The fraction of sp³-hybridized carbons (Fsp3) is 0.692. The Bertz CT molecular complexity index is 326. The summed E-state index contributed by atoms with van der Waals surface area (Å²) in [6, 6.07) is 5.20. The summed E-state index contributed by atoms with van der Waals surface area (Å²) in [7, 11) is 4.24. The number of hydrogen-bond donors (Lipinski definition) is 1. The second kappa shape index (κ2) is 5.02. The molecule has 1 saturated heterocycles. The smallest absolute Gasteiger partial charge is 0.121 e. The molecule has 1 aliphatic heterocycles. The van der Waals surface area contributed by atoms with E-state index in [0.29, 0.717) is 12.1 Å². The standard InChI is InChI=1S/C13H22N2O/c1-10-6-7-13(16-10)12(15(2)3)9-11-5-4-8-14-11/h6-7,11-12,14H,4-5,8-9H2,1-3H3. The topological polar surface area (TPSA) is 28.4 Å². The van der Waals surface area contributed by atoms with Crippen molar-refractivity contribution in [2.24, 2.45) is 0 Å². The molecule has 1 fully saturated rings. The Morgan fingerprint density at radius 1 is 1.50 bits per heavy atom. The van der Waals surface area contributed by atoms with Crippen LogP contribution in [0.1, 0.15) is 36.8 Å². The molecular formula is C13H22N2O. The lowest BCUT2D eigenvalue weighted by molar-refractivity contribution is 0.226. The largest absolute Gasteiger partial charge is 0.465 e. The maximum Gasteiger partial charge on any atom is 0.121 e. The van der Waals surface area contributed by atoms with Gasteiger partial charge < -0.3 is 9.73 Å². The van der Waals surface area contributed by atoms with Crippen molar-refractivity contribution in [3.63, 3.8) is 0 Å². The number of nitrogens with one attached hydrogen (secondary N) is 1. The predicted molar refractivity (Wildman–Crippen MR) is 65.5 cm³/mol. The molecule has 3 nitrogen and oxygen atoms in total. The van der Waals surface area contributed by atoms with Gasteiger partial charge in [0.25, 0.3) is 0 Å². The zero-order valence-electron chi connectivity index (χ0n) is 10.5. The molecule has 16 heavy (non-hydrogen) atoms. The minimum atomic E-state index is 0.393. The van der Waals surface area contributed by atoms with E-state index in [0.717, 1.165) is 17.9 Å². The van der Waals surface area contributed by atoms with Crippen LogP contribution in [0.2, 0.25) is 0 Å². The van der Waals surface area contributed by atoms with Crippen LogP contribution in [0.5, 0.6) is 0 Å². The highest BCUT2D eigenvalue weighted by molar-refractivity contribution is 5.10. The number of furan rings is 1. The number of aryl methyl sites for hydroxylation is 1. The van der Waals surface area contributed by atoms with Crippen molar-refractivity contribution >= 4 is 0 Å². The van der Waals surface area contributed by atoms with Gasteiger partial charge in [0.05, 0.1) is 6.04 Å². The van der Waals surface area contributed by atoms with E-state index in [1.807, 2.05) is 13.0 Å². The summed E-state index contributed by atoms with van der Waals surface area (Å²) in [6.07, 6.45) is 3.74. The van der Waals surface area contributed by atoms with E-state index >= 15 is 0 Å². The van der Waals surface area contributed by atoms with Crippen LogP contribution in [0.15, 0.2) is 16.5 Å². The molecule has 0 amide bonds. The molecule has 1 aromatic rings. The SMILES string of the molecule is Cc1ccc(C(CC2CCCN2)N(C)C)o1. The van der Waals surface area contributed by atoms with Crippen molar-refractivity contribution in [1.29, 1.82) is 0 Å². The van der Waals surface area contributed by atoms with Crippen molar-refractivity contribution in [2.45, 2.75) is 38.3 Å². The van der Waals surface area contributed by atoms with Gasteiger partial charge in [-0.15, -0.1) is 0 Å². The predicted octanol–water partition coefficient (Wildman–Crippen LogP) is 2.33. The van der Waals surface area contributed by atoms with Crippen LogP contribution in [0.3, 0.4) is 0 Å². The summed E-state index contributed by atoms with van der Waals surface area (Å²) >= 11 is 0. The minimum Gasteiger partial charge on any atom is -0.465 e. The first-order valence-electron chi connectivity index (χ1n) is 6.13. The lowest BCUT2D eigenvalue weighted by Gasteiger charge is -2.25. The Labute approximate surface area is 97.8 Å². The second-order valence-electron chi connectivity index (χ2n) is 4.96. The summed E-state index contributed by atoms with van der Waals surface area (Å²) in [4.78, 5) is 2.25. The molecule has 2 rings (SSSR count). The quantitative estimate of drug-likeness (QED) is 0.847. The van der Waals surface area contributed by atoms with Gasteiger partial charge in [0, 0.05) is 6.04 Å². The molecule has 3 heteroatoms. The van der Waals surface area contributed by atoms with Crippen molar-refractivity contribution in [2.75, 3.05) is 20.6 Å². The van der Waals surface area contributed by atoms with Crippen LogP contribution >= 0.6 is 0 Å². The third-order valence-electron chi connectivity index (χ3n) is 3.38. The van der Waals surface area contributed by atoms with E-state index < -0.39 is 0 Å². The molecule has 1 aromatic heterocycles. The molecule has 1 aliphatic rings. The fourth-order valence-electron chi connectivity index (χ4n) is 2.44. The fourth-order valence-corrected chi connectivity index (χ4v) is 2.44. The molecule has 0 spiro atoms. The normalized spacial score (nSPS) is 22.9. The minimum absolute atomic E-state index is 0.393. The summed E-state index contributed by atoms with van der Waals surface area (Å²) < 4.78 is 5.75. The van der Waals surface area contributed by atoms with E-state index in [-0.39, 0.29) is 0 Å². The highest BCUT2D eigenvalue weighted by Gasteiger charge is 2.24. The average molecular weight is 222 g/mol. The van der Waals surface area contributed by atoms with Gasteiger partial charge >= 0.3 is 0 Å². The van der Waals surface area contributed by atoms with E-state index in [2.05, 4.69) is 30.4 Å². The van der Waals surface area contributed by atoms with Crippen molar-refractivity contribution < 1.29 is 4.42 Å². The molecule has 0 bridgehead atoms. The maximum absolute atomic E-state index is 5.75. The van der Waals surface area contributed by atoms with Gasteiger partial charge in [0.15, 0.2) is 0 Å². The lowest BCUT2D eigenvalue weighted by Crippen LogP contribution is -2.29. The van der Waals surface area contributed by atoms with Gasteiger partial charge in [-0.05, 0) is 59.0 Å². The molecule has 0 aliphatic carbocycles. The number of hydrogen-bond acceptors (Lipinski definition) is 3. The molecule has 2 atom stereocenters. The highest BCUT2D eigenvalue weighted by Crippen LogP contribution is 2.27. The molecular weight excluding hydrogens is 200 g/mol. The first kappa shape index (κ1) is 11.7. The average Bonchev–Trinajstić information content (AvgIpc) is 2.84.